The van der Waals surface area contributed by atoms with Gasteiger partial charge in [0, 0.05) is 19.6 Å². The van der Waals surface area contributed by atoms with Crippen LogP contribution in [0.5, 0.6) is 0 Å². The topological polar surface area (TPSA) is 18.5 Å². The number of methoxy groups -OCH3 is 2. The van der Waals surface area contributed by atoms with E-state index in [1.54, 1.807) is 14.2 Å². The molecule has 0 spiro atoms. The normalized spacial score (nSPS) is 12.0. The van der Waals surface area contributed by atoms with Gasteiger partial charge in [0.25, 0.3) is 0 Å². The van der Waals surface area contributed by atoms with Gasteiger partial charge in [-0.05, 0) is 19.8 Å². The molecule has 0 fully saturated rings. The molecule has 0 aromatic rings. The minimum Gasteiger partial charge on any atom is -0.384 e. The lowest BCUT2D eigenvalue weighted by molar-refractivity contribution is 0.00887. The van der Waals surface area contributed by atoms with Crippen molar-refractivity contribution >= 4 is 0 Å². The van der Waals surface area contributed by atoms with Crippen LogP contribution in [0.4, 0.5) is 0 Å². The Morgan fingerprint density at radius 3 is 1.82 bits per heavy atom. The molecule has 0 rings (SSSR count). The Kier molecular flexibility index (Phi) is 5.51. The van der Waals surface area contributed by atoms with E-state index in [4.69, 9.17) is 16.4 Å². The van der Waals surface area contributed by atoms with Crippen LogP contribution in [0.25, 0.3) is 0 Å². The van der Waals surface area contributed by atoms with Gasteiger partial charge >= 0.3 is 0 Å². The van der Waals surface area contributed by atoms with Crippen molar-refractivity contribution in [2.45, 2.75) is 19.8 Å². The fourth-order valence-corrected chi connectivity index (χ4v) is 1.12. The average Bonchev–Trinajstić information content (AvgIpc) is 2.04. The Hall–Kier alpha value is -0.0800. The van der Waals surface area contributed by atoms with Crippen LogP contribution < -0.4 is 0 Å². The third kappa shape index (κ3) is 3.21. The highest BCUT2D eigenvalue weighted by molar-refractivity contribution is 4.78. The highest BCUT2D eigenvalue weighted by Gasteiger charge is 2.25. The number of rotatable bonds is 6. The van der Waals surface area contributed by atoms with Gasteiger partial charge in [-0.15, -0.1) is 0 Å². The molecule has 66 valence electrons. The second-order valence-corrected chi connectivity index (χ2v) is 2.92. The van der Waals surface area contributed by atoms with E-state index in [9.17, 15) is 0 Å². The van der Waals surface area contributed by atoms with Crippen LogP contribution in [-0.2, 0) is 9.47 Å². The lowest BCUT2D eigenvalue weighted by Gasteiger charge is -2.29. The van der Waals surface area contributed by atoms with Gasteiger partial charge in [0.05, 0.1) is 13.2 Å². The summed E-state index contributed by atoms with van der Waals surface area (Å²) in [4.78, 5) is 0. The van der Waals surface area contributed by atoms with Gasteiger partial charge < -0.3 is 9.47 Å². The molecule has 0 aromatic carbocycles. The molecule has 0 aliphatic rings. The smallest absolute Gasteiger partial charge is 0.0540 e. The Morgan fingerprint density at radius 2 is 1.64 bits per heavy atom. The fourth-order valence-electron chi connectivity index (χ4n) is 1.12. The minimum atomic E-state index is 0.0174. The van der Waals surface area contributed by atoms with Crippen LogP contribution in [-0.4, -0.2) is 27.4 Å². The maximum absolute atomic E-state index is 5.63. The summed E-state index contributed by atoms with van der Waals surface area (Å²) in [5.74, 6) is 0. The molecule has 0 aliphatic heterocycles. The van der Waals surface area contributed by atoms with Gasteiger partial charge in [0.15, 0.2) is 0 Å². The summed E-state index contributed by atoms with van der Waals surface area (Å²) in [6.45, 7) is 9.08. The lowest BCUT2D eigenvalue weighted by atomic mass is 9.84. The van der Waals surface area contributed by atoms with E-state index < -0.39 is 0 Å². The molecule has 0 amide bonds. The maximum Gasteiger partial charge on any atom is 0.0540 e. The highest BCUT2D eigenvalue weighted by Crippen LogP contribution is 2.26. The SMILES string of the molecule is [CH]CC(CC)(COC)COC. The minimum absolute atomic E-state index is 0.0174. The first-order chi connectivity index (χ1) is 5.24. The molecular weight excluding hydrogens is 140 g/mol. The quantitative estimate of drug-likeness (QED) is 0.586. The van der Waals surface area contributed by atoms with Crippen molar-refractivity contribution in [2.75, 3.05) is 27.4 Å². The van der Waals surface area contributed by atoms with Crippen LogP contribution in [0.3, 0.4) is 0 Å². The monoisotopic (exact) mass is 158 g/mol. The van der Waals surface area contributed by atoms with Crippen LogP contribution in [0.15, 0.2) is 0 Å². The first kappa shape index (κ1) is 10.9. The summed E-state index contributed by atoms with van der Waals surface area (Å²) in [5, 5.41) is 0. The summed E-state index contributed by atoms with van der Waals surface area (Å²) in [6.07, 6.45) is 1.61. The van der Waals surface area contributed by atoms with Crippen LogP contribution in [0, 0.1) is 12.3 Å². The van der Waals surface area contributed by atoms with E-state index in [1.165, 1.54) is 0 Å². The van der Waals surface area contributed by atoms with E-state index in [0.717, 1.165) is 6.42 Å². The zero-order valence-corrected chi connectivity index (χ0v) is 7.72. The molecule has 0 bridgehead atoms. The fraction of sp³-hybridized carbons (Fsp3) is 0.889. The Labute approximate surface area is 69.9 Å². The zero-order valence-electron chi connectivity index (χ0n) is 7.72. The van der Waals surface area contributed by atoms with Crippen LogP contribution in [0.2, 0.25) is 0 Å². The summed E-state index contributed by atoms with van der Waals surface area (Å²) < 4.78 is 10.2. The molecule has 11 heavy (non-hydrogen) atoms. The zero-order chi connectivity index (χ0) is 8.74. The standard InChI is InChI=1S/C9H18O2/c1-5-9(6-2,7-10-3)8-11-4/h1H,5-8H2,2-4H3. The first-order valence-electron chi connectivity index (χ1n) is 3.92. The molecule has 0 aliphatic carbocycles. The molecule has 0 saturated carbocycles. The molecule has 0 heterocycles. The average molecular weight is 158 g/mol. The Morgan fingerprint density at radius 1 is 1.18 bits per heavy atom. The third-order valence-electron chi connectivity index (χ3n) is 2.08. The largest absolute Gasteiger partial charge is 0.384 e. The second-order valence-electron chi connectivity index (χ2n) is 2.92. The van der Waals surface area contributed by atoms with Gasteiger partial charge in [-0.1, -0.05) is 6.92 Å². The molecule has 2 heteroatoms. The van der Waals surface area contributed by atoms with Crippen molar-refractivity contribution in [1.82, 2.24) is 0 Å². The van der Waals surface area contributed by atoms with Gasteiger partial charge in [-0.2, -0.15) is 0 Å². The summed E-state index contributed by atoms with van der Waals surface area (Å²) >= 11 is 0. The molecular formula is C9H18O2. The van der Waals surface area contributed by atoms with E-state index in [1.807, 2.05) is 0 Å². The van der Waals surface area contributed by atoms with Gasteiger partial charge in [0.1, 0.15) is 0 Å². The highest BCUT2D eigenvalue weighted by atomic mass is 16.5. The number of hydrogen-bond acceptors (Lipinski definition) is 2. The van der Waals surface area contributed by atoms with Gasteiger partial charge in [0.2, 0.25) is 0 Å². The first-order valence-corrected chi connectivity index (χ1v) is 3.92. The third-order valence-corrected chi connectivity index (χ3v) is 2.08. The summed E-state index contributed by atoms with van der Waals surface area (Å²) in [5.41, 5.74) is 0.0174. The van der Waals surface area contributed by atoms with E-state index in [0.29, 0.717) is 19.6 Å². The molecule has 2 radical (unpaired) electrons. The van der Waals surface area contributed by atoms with Crippen molar-refractivity contribution in [1.29, 1.82) is 0 Å². The van der Waals surface area contributed by atoms with E-state index in [-0.39, 0.29) is 5.41 Å². The lowest BCUT2D eigenvalue weighted by Crippen LogP contribution is -2.30. The molecule has 0 aromatic heterocycles. The predicted molar refractivity (Wildman–Crippen MR) is 45.4 cm³/mol. The van der Waals surface area contributed by atoms with Crippen LogP contribution >= 0.6 is 0 Å². The Balaban J connectivity index is 3.96. The van der Waals surface area contributed by atoms with Gasteiger partial charge in [-0.25, -0.2) is 0 Å². The van der Waals surface area contributed by atoms with E-state index in [2.05, 4.69) is 6.92 Å². The summed E-state index contributed by atoms with van der Waals surface area (Å²) in [6, 6.07) is 0. The second kappa shape index (κ2) is 5.56. The van der Waals surface area contributed by atoms with Gasteiger partial charge in [-0.3, -0.25) is 0 Å². The van der Waals surface area contributed by atoms with Crippen molar-refractivity contribution in [3.63, 3.8) is 0 Å². The van der Waals surface area contributed by atoms with Crippen molar-refractivity contribution in [3.8, 4) is 0 Å². The molecule has 0 saturated heterocycles. The summed E-state index contributed by atoms with van der Waals surface area (Å²) in [7, 11) is 3.38. The van der Waals surface area contributed by atoms with Crippen molar-refractivity contribution < 1.29 is 9.47 Å². The predicted octanol–water partition coefficient (Wildman–Crippen LogP) is 1.78. The Bertz CT molecular complexity index is 79.6. The molecule has 0 N–H and O–H groups in total. The number of ether oxygens (including phenoxy) is 2. The van der Waals surface area contributed by atoms with Crippen molar-refractivity contribution in [2.24, 2.45) is 5.41 Å². The molecule has 2 nitrogen and oxygen atoms in total. The molecule has 0 unspecified atom stereocenters. The van der Waals surface area contributed by atoms with Crippen molar-refractivity contribution in [3.05, 3.63) is 6.92 Å². The van der Waals surface area contributed by atoms with E-state index >= 15 is 0 Å². The molecule has 0 atom stereocenters. The maximum atomic E-state index is 5.63. The number of hydrogen-bond donors (Lipinski definition) is 0. The van der Waals surface area contributed by atoms with Crippen LogP contribution in [0.1, 0.15) is 19.8 Å².